The molecule has 96 valence electrons. The van der Waals surface area contributed by atoms with Gasteiger partial charge in [0, 0.05) is 6.04 Å². The number of nitrogens with zero attached hydrogens (tertiary/aromatic N) is 3. The minimum absolute atomic E-state index is 0.132. The zero-order chi connectivity index (χ0) is 13.1. The Morgan fingerprint density at radius 1 is 1.41 bits per heavy atom. The van der Waals surface area contributed by atoms with Crippen molar-refractivity contribution < 1.29 is 13.2 Å². The van der Waals surface area contributed by atoms with Gasteiger partial charge in [-0.3, -0.25) is 4.98 Å². The molecule has 0 fully saturated rings. The summed E-state index contributed by atoms with van der Waals surface area (Å²) in [7, 11) is 0. The summed E-state index contributed by atoms with van der Waals surface area (Å²) in [6.45, 7) is 2.22. The Kier molecular flexibility index (Phi) is 4.11. The molecule has 0 aromatic carbocycles. The smallest absolute Gasteiger partial charge is 0.344 e. The fraction of sp³-hybridized carbons (Fsp3) is 0.556. The fourth-order valence-electron chi connectivity index (χ4n) is 1.28. The van der Waals surface area contributed by atoms with Gasteiger partial charge in [0.05, 0.1) is 12.4 Å². The van der Waals surface area contributed by atoms with E-state index >= 15 is 0 Å². The van der Waals surface area contributed by atoms with Crippen LogP contribution in [0.15, 0.2) is 12.4 Å². The zero-order valence-corrected chi connectivity index (χ0v) is 9.49. The van der Waals surface area contributed by atoms with E-state index in [4.69, 9.17) is 5.84 Å². The Morgan fingerprint density at radius 2 is 2.06 bits per heavy atom. The molecule has 0 saturated heterocycles. The molecule has 0 aliphatic carbocycles. The van der Waals surface area contributed by atoms with Gasteiger partial charge in [-0.25, -0.2) is 10.8 Å². The summed E-state index contributed by atoms with van der Waals surface area (Å²) in [6.07, 6.45) is -1.69. The molecule has 0 aliphatic heterocycles. The first-order chi connectivity index (χ1) is 7.83. The van der Waals surface area contributed by atoms with Crippen molar-refractivity contribution in [1.29, 1.82) is 0 Å². The summed E-state index contributed by atoms with van der Waals surface area (Å²) in [4.78, 5) is 8.80. The van der Waals surface area contributed by atoms with Crippen LogP contribution in [0.1, 0.15) is 13.8 Å². The average molecular weight is 249 g/mol. The van der Waals surface area contributed by atoms with Crippen molar-refractivity contribution in [3.8, 4) is 0 Å². The van der Waals surface area contributed by atoms with E-state index in [0.29, 0.717) is 0 Å². The summed E-state index contributed by atoms with van der Waals surface area (Å²) in [5, 5.41) is 0. The van der Waals surface area contributed by atoms with E-state index in [-0.39, 0.29) is 17.7 Å². The van der Waals surface area contributed by atoms with Crippen LogP contribution in [-0.2, 0) is 0 Å². The SMILES string of the molecule is CC(C)N(CC(F)(F)F)c1cncc(NN)n1. The molecule has 3 N–H and O–H groups in total. The third-order valence-corrected chi connectivity index (χ3v) is 2.04. The predicted molar refractivity (Wildman–Crippen MR) is 58.4 cm³/mol. The third kappa shape index (κ3) is 4.06. The largest absolute Gasteiger partial charge is 0.405 e. The maximum absolute atomic E-state index is 12.4. The first-order valence-corrected chi connectivity index (χ1v) is 4.95. The molecule has 0 atom stereocenters. The monoisotopic (exact) mass is 249 g/mol. The van der Waals surface area contributed by atoms with Crippen molar-refractivity contribution >= 4 is 11.6 Å². The van der Waals surface area contributed by atoms with Crippen LogP contribution in [0.3, 0.4) is 0 Å². The highest BCUT2D eigenvalue weighted by atomic mass is 19.4. The number of hydrazine groups is 1. The minimum atomic E-state index is -4.29. The van der Waals surface area contributed by atoms with Crippen LogP contribution >= 0.6 is 0 Å². The van der Waals surface area contributed by atoms with E-state index in [1.807, 2.05) is 0 Å². The highest BCUT2D eigenvalue weighted by Crippen LogP contribution is 2.22. The van der Waals surface area contributed by atoms with E-state index in [0.717, 1.165) is 4.90 Å². The van der Waals surface area contributed by atoms with Crippen molar-refractivity contribution in [1.82, 2.24) is 9.97 Å². The van der Waals surface area contributed by atoms with Gasteiger partial charge in [-0.05, 0) is 13.8 Å². The van der Waals surface area contributed by atoms with Gasteiger partial charge in [-0.1, -0.05) is 0 Å². The van der Waals surface area contributed by atoms with Crippen molar-refractivity contribution in [2.45, 2.75) is 26.1 Å². The van der Waals surface area contributed by atoms with Crippen molar-refractivity contribution in [2.24, 2.45) is 5.84 Å². The molecule has 17 heavy (non-hydrogen) atoms. The maximum atomic E-state index is 12.4. The topological polar surface area (TPSA) is 67.1 Å². The average Bonchev–Trinajstić information content (AvgIpc) is 2.24. The van der Waals surface area contributed by atoms with Gasteiger partial charge >= 0.3 is 6.18 Å². The molecular formula is C9H14F3N5. The van der Waals surface area contributed by atoms with Crippen LogP contribution < -0.4 is 16.2 Å². The first kappa shape index (κ1) is 13.5. The number of aromatic nitrogens is 2. The lowest BCUT2D eigenvalue weighted by Gasteiger charge is -2.28. The Bertz CT molecular complexity index is 366. The van der Waals surface area contributed by atoms with Crippen molar-refractivity contribution in [2.75, 3.05) is 16.9 Å². The second kappa shape index (κ2) is 5.17. The summed E-state index contributed by atoms with van der Waals surface area (Å²) in [5.74, 6) is 5.48. The molecule has 8 heteroatoms. The van der Waals surface area contributed by atoms with E-state index in [1.165, 1.54) is 12.4 Å². The molecule has 0 radical (unpaired) electrons. The highest BCUT2D eigenvalue weighted by molar-refractivity contribution is 5.44. The maximum Gasteiger partial charge on any atom is 0.405 e. The molecule has 1 aromatic heterocycles. The van der Waals surface area contributed by atoms with E-state index in [9.17, 15) is 13.2 Å². The number of halogens is 3. The number of hydrogen-bond donors (Lipinski definition) is 2. The van der Waals surface area contributed by atoms with Crippen molar-refractivity contribution in [3.63, 3.8) is 0 Å². The van der Waals surface area contributed by atoms with Gasteiger partial charge in [0.1, 0.15) is 12.4 Å². The van der Waals surface area contributed by atoms with Crippen LogP contribution in [-0.4, -0.2) is 28.7 Å². The first-order valence-electron chi connectivity index (χ1n) is 4.95. The molecule has 1 aromatic rings. The predicted octanol–water partition coefficient (Wildman–Crippen LogP) is 1.54. The number of nitrogen functional groups attached to an aromatic ring is 1. The number of hydrogen-bond acceptors (Lipinski definition) is 5. The molecule has 0 saturated carbocycles. The molecule has 0 bridgehead atoms. The number of nitrogens with one attached hydrogen (secondary N) is 1. The molecule has 1 heterocycles. The lowest BCUT2D eigenvalue weighted by molar-refractivity contribution is -0.120. The van der Waals surface area contributed by atoms with E-state index < -0.39 is 12.7 Å². The lowest BCUT2D eigenvalue weighted by atomic mass is 10.3. The normalized spacial score (nSPS) is 11.7. The second-order valence-electron chi connectivity index (χ2n) is 3.74. The number of nitrogens with two attached hydrogens (primary N) is 1. The van der Waals surface area contributed by atoms with Gasteiger partial charge in [-0.2, -0.15) is 13.2 Å². The summed E-state index contributed by atoms with van der Waals surface area (Å²) in [6, 6.07) is -0.348. The molecule has 0 amide bonds. The zero-order valence-electron chi connectivity index (χ0n) is 9.49. The second-order valence-corrected chi connectivity index (χ2v) is 3.74. The minimum Gasteiger partial charge on any atom is -0.344 e. The van der Waals surface area contributed by atoms with Gasteiger partial charge in [-0.15, -0.1) is 0 Å². The summed E-state index contributed by atoms with van der Waals surface area (Å²) >= 11 is 0. The molecule has 0 spiro atoms. The number of anilines is 2. The number of rotatable bonds is 4. The summed E-state index contributed by atoms with van der Waals surface area (Å²) < 4.78 is 37.2. The fourth-order valence-corrected chi connectivity index (χ4v) is 1.28. The van der Waals surface area contributed by atoms with Crippen LogP contribution in [0.25, 0.3) is 0 Å². The quantitative estimate of drug-likeness (QED) is 0.626. The standard InChI is InChI=1S/C9H14F3N5/c1-6(2)17(5-9(10,11)12)8-4-14-3-7(15-8)16-13/h3-4,6H,5,13H2,1-2H3,(H,15,16). The highest BCUT2D eigenvalue weighted by Gasteiger charge is 2.32. The van der Waals surface area contributed by atoms with Crippen LogP contribution in [0.4, 0.5) is 24.8 Å². The van der Waals surface area contributed by atoms with Crippen LogP contribution in [0.2, 0.25) is 0 Å². The van der Waals surface area contributed by atoms with Crippen LogP contribution in [0, 0.1) is 0 Å². The van der Waals surface area contributed by atoms with Gasteiger partial charge in [0.15, 0.2) is 5.82 Å². The molecule has 5 nitrogen and oxygen atoms in total. The summed E-state index contributed by atoms with van der Waals surface area (Å²) in [5.41, 5.74) is 2.24. The molecule has 0 aliphatic rings. The van der Waals surface area contributed by atoms with E-state index in [2.05, 4.69) is 15.4 Å². The molecule has 1 rings (SSSR count). The Morgan fingerprint density at radius 3 is 2.53 bits per heavy atom. The van der Waals surface area contributed by atoms with Gasteiger partial charge in [0.25, 0.3) is 0 Å². The van der Waals surface area contributed by atoms with Crippen molar-refractivity contribution in [3.05, 3.63) is 12.4 Å². The Balaban J connectivity index is 2.97. The van der Waals surface area contributed by atoms with Gasteiger partial charge in [0.2, 0.25) is 0 Å². The number of alkyl halides is 3. The molecular weight excluding hydrogens is 235 g/mol. The third-order valence-electron chi connectivity index (χ3n) is 2.04. The van der Waals surface area contributed by atoms with Crippen LogP contribution in [0.5, 0.6) is 0 Å². The molecule has 0 unspecified atom stereocenters. The van der Waals surface area contributed by atoms with Gasteiger partial charge < -0.3 is 10.3 Å². The lowest BCUT2D eigenvalue weighted by Crippen LogP contribution is -2.39. The van der Waals surface area contributed by atoms with E-state index in [1.54, 1.807) is 13.8 Å². The Hall–Kier alpha value is -1.57. The Labute approximate surface area is 96.8 Å².